The van der Waals surface area contributed by atoms with Crippen molar-refractivity contribution in [3.8, 4) is 0 Å². The van der Waals surface area contributed by atoms with E-state index >= 15 is 0 Å². The Morgan fingerprint density at radius 2 is 1.92 bits per heavy atom. The fourth-order valence-corrected chi connectivity index (χ4v) is 1.06. The van der Waals surface area contributed by atoms with Crippen molar-refractivity contribution in [1.29, 1.82) is 0 Å². The topological polar surface area (TPSA) is 32.3 Å². The summed E-state index contributed by atoms with van der Waals surface area (Å²) in [5.74, 6) is 0. The lowest BCUT2D eigenvalue weighted by atomic mass is 10.0. The number of nitrogens with one attached hydrogen (secondary N) is 1. The van der Waals surface area contributed by atoms with Gasteiger partial charge in [0.05, 0.1) is 12.1 Å². The molecule has 2 heteroatoms. The standard InChI is InChI=1S/C10H19NO/c1-6-9(11-8(4)5)10(12)7(2)3/h9-12H,2,4,6H2,1,3,5H3. The quantitative estimate of drug-likeness (QED) is 0.615. The van der Waals surface area contributed by atoms with E-state index in [1.165, 1.54) is 0 Å². The maximum absolute atomic E-state index is 9.63. The number of hydrogen-bond acceptors (Lipinski definition) is 2. The number of allylic oxidation sites excluding steroid dienone is 1. The zero-order chi connectivity index (χ0) is 9.72. The highest BCUT2D eigenvalue weighted by Gasteiger charge is 2.16. The number of aliphatic hydroxyl groups is 1. The normalized spacial score (nSPS) is 15.0. The lowest BCUT2D eigenvalue weighted by molar-refractivity contribution is 0.163. The van der Waals surface area contributed by atoms with Gasteiger partial charge in [-0.1, -0.05) is 25.7 Å². The van der Waals surface area contributed by atoms with Crippen molar-refractivity contribution >= 4 is 0 Å². The summed E-state index contributed by atoms with van der Waals surface area (Å²) in [6.45, 7) is 13.2. The van der Waals surface area contributed by atoms with Crippen molar-refractivity contribution in [3.63, 3.8) is 0 Å². The molecule has 0 aromatic carbocycles. The van der Waals surface area contributed by atoms with Crippen LogP contribution in [-0.2, 0) is 0 Å². The molecule has 0 radical (unpaired) electrons. The summed E-state index contributed by atoms with van der Waals surface area (Å²) < 4.78 is 0. The maximum atomic E-state index is 9.63. The van der Waals surface area contributed by atoms with Crippen LogP contribution in [0, 0.1) is 0 Å². The Labute approximate surface area is 75.0 Å². The molecule has 0 saturated carbocycles. The molecule has 2 atom stereocenters. The minimum Gasteiger partial charge on any atom is -0.387 e. The lowest BCUT2D eigenvalue weighted by Crippen LogP contribution is -2.38. The van der Waals surface area contributed by atoms with Crippen LogP contribution in [0.1, 0.15) is 27.2 Å². The van der Waals surface area contributed by atoms with Gasteiger partial charge in [-0.3, -0.25) is 0 Å². The van der Waals surface area contributed by atoms with Gasteiger partial charge < -0.3 is 10.4 Å². The second-order valence-corrected chi connectivity index (χ2v) is 3.23. The first kappa shape index (κ1) is 11.2. The van der Waals surface area contributed by atoms with E-state index in [0.29, 0.717) is 0 Å². The molecule has 70 valence electrons. The fraction of sp³-hybridized carbons (Fsp3) is 0.600. The SMILES string of the molecule is C=C(C)NC(CC)C(O)C(=C)C. The molecule has 0 aliphatic rings. The molecule has 0 amide bonds. The van der Waals surface area contributed by atoms with E-state index in [1.54, 1.807) is 0 Å². The third kappa shape index (κ3) is 3.58. The molecular formula is C10H19NO. The summed E-state index contributed by atoms with van der Waals surface area (Å²) in [7, 11) is 0. The van der Waals surface area contributed by atoms with Gasteiger partial charge in [0.15, 0.2) is 0 Å². The summed E-state index contributed by atoms with van der Waals surface area (Å²) in [6.07, 6.45) is 0.382. The van der Waals surface area contributed by atoms with E-state index < -0.39 is 6.10 Å². The first-order valence-electron chi connectivity index (χ1n) is 4.24. The number of aliphatic hydroxyl groups excluding tert-OH is 1. The van der Waals surface area contributed by atoms with Gasteiger partial charge >= 0.3 is 0 Å². The third-order valence-electron chi connectivity index (χ3n) is 1.76. The van der Waals surface area contributed by atoms with E-state index in [1.807, 2.05) is 20.8 Å². The summed E-state index contributed by atoms with van der Waals surface area (Å²) in [5.41, 5.74) is 1.66. The van der Waals surface area contributed by atoms with Crippen molar-refractivity contribution in [2.75, 3.05) is 0 Å². The van der Waals surface area contributed by atoms with Crippen LogP contribution >= 0.6 is 0 Å². The van der Waals surface area contributed by atoms with Crippen LogP contribution in [0.3, 0.4) is 0 Å². The minimum atomic E-state index is -0.480. The van der Waals surface area contributed by atoms with Crippen LogP contribution in [-0.4, -0.2) is 17.3 Å². The zero-order valence-corrected chi connectivity index (χ0v) is 8.22. The Bertz CT molecular complexity index is 175. The first-order chi connectivity index (χ1) is 5.49. The third-order valence-corrected chi connectivity index (χ3v) is 1.76. The molecule has 2 nitrogen and oxygen atoms in total. The summed E-state index contributed by atoms with van der Waals surface area (Å²) in [4.78, 5) is 0. The molecular weight excluding hydrogens is 150 g/mol. The van der Waals surface area contributed by atoms with E-state index in [2.05, 4.69) is 18.5 Å². The average molecular weight is 169 g/mol. The molecule has 2 unspecified atom stereocenters. The van der Waals surface area contributed by atoms with Crippen LogP contribution in [0.5, 0.6) is 0 Å². The van der Waals surface area contributed by atoms with Gasteiger partial charge in [0.25, 0.3) is 0 Å². The molecule has 0 aliphatic carbocycles. The molecule has 0 bridgehead atoms. The molecule has 0 fully saturated rings. The summed E-state index contributed by atoms with van der Waals surface area (Å²) >= 11 is 0. The van der Waals surface area contributed by atoms with Crippen LogP contribution in [0.15, 0.2) is 24.4 Å². The molecule has 0 aromatic rings. The van der Waals surface area contributed by atoms with Crippen molar-refractivity contribution < 1.29 is 5.11 Å². The van der Waals surface area contributed by atoms with Crippen LogP contribution in [0.25, 0.3) is 0 Å². The van der Waals surface area contributed by atoms with E-state index in [0.717, 1.165) is 17.7 Å². The Hall–Kier alpha value is -0.760. The molecule has 0 spiro atoms. The monoisotopic (exact) mass is 169 g/mol. The Morgan fingerprint density at radius 1 is 1.42 bits per heavy atom. The van der Waals surface area contributed by atoms with Crippen LogP contribution in [0.4, 0.5) is 0 Å². The molecule has 2 N–H and O–H groups in total. The van der Waals surface area contributed by atoms with E-state index in [-0.39, 0.29) is 6.04 Å². The Kier molecular flexibility index (Phi) is 4.67. The van der Waals surface area contributed by atoms with Crippen LogP contribution in [0.2, 0.25) is 0 Å². The average Bonchev–Trinajstić information content (AvgIpc) is 1.98. The highest BCUT2D eigenvalue weighted by Crippen LogP contribution is 2.08. The second kappa shape index (κ2) is 4.99. The molecule has 0 aromatic heterocycles. The van der Waals surface area contributed by atoms with Crippen LogP contribution < -0.4 is 5.32 Å². The van der Waals surface area contributed by atoms with Crippen molar-refractivity contribution in [2.24, 2.45) is 0 Å². The molecule has 12 heavy (non-hydrogen) atoms. The van der Waals surface area contributed by atoms with Gasteiger partial charge in [0.2, 0.25) is 0 Å². The number of hydrogen-bond donors (Lipinski definition) is 2. The second-order valence-electron chi connectivity index (χ2n) is 3.23. The smallest absolute Gasteiger partial charge is 0.0945 e. The predicted octanol–water partition coefficient (Wildman–Crippen LogP) is 1.83. The lowest BCUT2D eigenvalue weighted by Gasteiger charge is -2.24. The zero-order valence-electron chi connectivity index (χ0n) is 8.22. The van der Waals surface area contributed by atoms with Crippen molar-refractivity contribution in [1.82, 2.24) is 5.32 Å². The fourth-order valence-electron chi connectivity index (χ4n) is 1.06. The first-order valence-corrected chi connectivity index (χ1v) is 4.24. The highest BCUT2D eigenvalue weighted by molar-refractivity contribution is 5.04. The van der Waals surface area contributed by atoms with Gasteiger partial charge in [-0.05, 0) is 20.3 Å². The van der Waals surface area contributed by atoms with E-state index in [9.17, 15) is 5.11 Å². The highest BCUT2D eigenvalue weighted by atomic mass is 16.3. The maximum Gasteiger partial charge on any atom is 0.0945 e. The molecule has 0 saturated heterocycles. The van der Waals surface area contributed by atoms with Gasteiger partial charge in [-0.15, -0.1) is 0 Å². The molecule has 0 aliphatic heterocycles. The number of rotatable bonds is 5. The van der Waals surface area contributed by atoms with Gasteiger partial charge in [0.1, 0.15) is 0 Å². The van der Waals surface area contributed by atoms with Crippen molar-refractivity contribution in [3.05, 3.63) is 24.4 Å². The summed E-state index contributed by atoms with van der Waals surface area (Å²) in [6, 6.07) is 0.0417. The summed E-state index contributed by atoms with van der Waals surface area (Å²) in [5, 5.41) is 12.7. The minimum absolute atomic E-state index is 0.0417. The molecule has 0 heterocycles. The predicted molar refractivity (Wildman–Crippen MR) is 52.8 cm³/mol. The van der Waals surface area contributed by atoms with Gasteiger partial charge in [0, 0.05) is 5.70 Å². The Morgan fingerprint density at radius 3 is 2.17 bits per heavy atom. The van der Waals surface area contributed by atoms with Gasteiger partial charge in [-0.2, -0.15) is 0 Å². The molecule has 0 rings (SSSR count). The van der Waals surface area contributed by atoms with Crippen molar-refractivity contribution in [2.45, 2.75) is 39.3 Å². The Balaban J connectivity index is 4.14. The van der Waals surface area contributed by atoms with Gasteiger partial charge in [-0.25, -0.2) is 0 Å². The van der Waals surface area contributed by atoms with E-state index in [4.69, 9.17) is 0 Å². The largest absolute Gasteiger partial charge is 0.387 e.